The Morgan fingerprint density at radius 1 is 0.375 bits per heavy atom. The smallest absolute Gasteiger partial charge is 0.261 e. The van der Waals surface area contributed by atoms with Crippen LogP contribution in [-0.2, 0) is 28.8 Å². The number of hydrogen-bond acceptors (Lipinski definition) is 8. The molecule has 6 aromatic rings. The van der Waals surface area contributed by atoms with E-state index in [4.69, 9.17) is 0 Å². The molecule has 6 aromatic carbocycles. The zero-order valence-corrected chi connectivity index (χ0v) is 35.7. The molecule has 8 rings (SSSR count). The number of Topliss-reactive ketones (excluding diaryl/α,β-unsaturated/α-hetero) is 2. The summed E-state index contributed by atoms with van der Waals surface area (Å²) in [6.07, 6.45) is 0. The van der Waals surface area contributed by atoms with Gasteiger partial charge in [0.1, 0.15) is 11.1 Å². The maximum absolute atomic E-state index is 13.7. The molecule has 12 heteroatoms. The van der Waals surface area contributed by atoms with Gasteiger partial charge in [-0.1, -0.05) is 109 Å². The van der Waals surface area contributed by atoms with Crippen LogP contribution in [-0.4, -0.2) is 46.3 Å². The monoisotopic (exact) mass is 850 g/mol. The van der Waals surface area contributed by atoms with Crippen LogP contribution >= 0.6 is 0 Å². The van der Waals surface area contributed by atoms with Crippen molar-refractivity contribution < 1.29 is 28.8 Å². The third-order valence-corrected chi connectivity index (χ3v) is 11.1. The first-order valence-corrected chi connectivity index (χ1v) is 20.5. The fourth-order valence-electron chi connectivity index (χ4n) is 7.89. The molecule has 64 heavy (non-hydrogen) atoms. The van der Waals surface area contributed by atoms with Gasteiger partial charge in [-0.2, -0.15) is 0 Å². The second kappa shape index (κ2) is 18.7. The van der Waals surface area contributed by atoms with Crippen LogP contribution in [0.15, 0.2) is 205 Å². The quantitative estimate of drug-likeness (QED) is 0.0788. The highest BCUT2D eigenvalue weighted by Crippen LogP contribution is 2.41. The number of allylic oxidation sites excluding steroid dienone is 2. The Bertz CT molecular complexity index is 2570. The highest BCUT2D eigenvalue weighted by molar-refractivity contribution is 6.37. The molecule has 0 spiro atoms. The number of amides is 4. The van der Waals surface area contributed by atoms with Crippen molar-refractivity contribution in [1.82, 2.24) is 0 Å². The lowest BCUT2D eigenvalue weighted by Crippen LogP contribution is -2.56. The van der Waals surface area contributed by atoms with Crippen molar-refractivity contribution >= 4 is 69.3 Å². The molecular formula is C52H46N6O6. The lowest BCUT2D eigenvalue weighted by Gasteiger charge is -2.35. The number of hydrogen-bond donors (Lipinski definition) is 4. The minimum Gasteiger partial charge on any atom is -0.324 e. The van der Waals surface area contributed by atoms with Crippen LogP contribution < -0.4 is 31.1 Å². The Labute approximate surface area is 371 Å². The van der Waals surface area contributed by atoms with E-state index < -0.39 is 46.3 Å². The molecular weight excluding hydrogens is 805 g/mol. The second-order valence-electron chi connectivity index (χ2n) is 15.3. The standard InChI is InChI=1S/2C26H23N3O3/c2*1-18-22(24(31)27-19-12-6-3-7-13-19)23(30)26(2,29(18)21-16-10-5-11-17-21)25(32)28-20-14-8-4-9-15-20/h2*3-17H,1-2H3,(H,27,31)(H,28,32)/t2*26-/m00/s1. The van der Waals surface area contributed by atoms with Gasteiger partial charge < -0.3 is 31.1 Å². The Kier molecular flexibility index (Phi) is 12.8. The van der Waals surface area contributed by atoms with Gasteiger partial charge in [-0.25, -0.2) is 0 Å². The maximum atomic E-state index is 13.7. The lowest BCUT2D eigenvalue weighted by molar-refractivity contribution is -0.131. The average Bonchev–Trinajstić information content (AvgIpc) is 3.65. The lowest BCUT2D eigenvalue weighted by atomic mass is 9.91. The molecule has 2 atom stereocenters. The van der Waals surface area contributed by atoms with Gasteiger partial charge in [0, 0.05) is 45.5 Å². The molecule has 12 nitrogen and oxygen atoms in total. The first-order valence-electron chi connectivity index (χ1n) is 20.5. The zero-order valence-electron chi connectivity index (χ0n) is 35.7. The predicted molar refractivity (Wildman–Crippen MR) is 250 cm³/mol. The molecule has 2 heterocycles. The molecule has 0 bridgehead atoms. The van der Waals surface area contributed by atoms with Crippen LogP contribution in [0.5, 0.6) is 0 Å². The van der Waals surface area contributed by atoms with E-state index in [1.54, 1.807) is 135 Å². The third-order valence-electron chi connectivity index (χ3n) is 11.1. The van der Waals surface area contributed by atoms with E-state index in [0.29, 0.717) is 45.5 Å². The molecule has 0 unspecified atom stereocenters. The van der Waals surface area contributed by atoms with Crippen molar-refractivity contribution in [2.45, 2.75) is 38.8 Å². The van der Waals surface area contributed by atoms with Crippen molar-refractivity contribution in [3.05, 3.63) is 205 Å². The number of ketones is 2. The summed E-state index contributed by atoms with van der Waals surface area (Å²) < 4.78 is 0. The first kappa shape index (κ1) is 43.7. The number of carbonyl (C=O) groups is 6. The van der Waals surface area contributed by atoms with Gasteiger partial charge in [0.25, 0.3) is 23.6 Å². The summed E-state index contributed by atoms with van der Waals surface area (Å²) in [6, 6.07) is 53.9. The number of benzene rings is 6. The zero-order chi connectivity index (χ0) is 45.4. The molecule has 0 saturated heterocycles. The van der Waals surface area contributed by atoms with E-state index in [1.165, 1.54) is 0 Å². The normalized spacial score (nSPS) is 17.9. The van der Waals surface area contributed by atoms with Crippen molar-refractivity contribution in [1.29, 1.82) is 0 Å². The van der Waals surface area contributed by atoms with Gasteiger partial charge in [-0.3, -0.25) is 28.8 Å². The van der Waals surface area contributed by atoms with E-state index in [9.17, 15) is 28.8 Å². The van der Waals surface area contributed by atoms with Crippen molar-refractivity contribution in [3.8, 4) is 0 Å². The molecule has 4 amide bonds. The van der Waals surface area contributed by atoms with E-state index in [-0.39, 0.29) is 11.1 Å². The van der Waals surface area contributed by atoms with Crippen LogP contribution in [0.3, 0.4) is 0 Å². The largest absolute Gasteiger partial charge is 0.324 e. The highest BCUT2D eigenvalue weighted by Gasteiger charge is 2.57. The molecule has 2 aliphatic rings. The van der Waals surface area contributed by atoms with Crippen LogP contribution in [0.2, 0.25) is 0 Å². The number of nitrogens with one attached hydrogen (secondary N) is 4. The molecule has 0 aliphatic carbocycles. The van der Waals surface area contributed by atoms with E-state index in [0.717, 1.165) is 0 Å². The number of para-hydroxylation sites is 6. The molecule has 320 valence electrons. The van der Waals surface area contributed by atoms with E-state index >= 15 is 0 Å². The van der Waals surface area contributed by atoms with Crippen LogP contribution in [0.4, 0.5) is 34.1 Å². The first-order chi connectivity index (χ1) is 30.8. The summed E-state index contributed by atoms with van der Waals surface area (Å²) >= 11 is 0. The topological polar surface area (TPSA) is 157 Å². The highest BCUT2D eigenvalue weighted by atomic mass is 16.2. The van der Waals surface area contributed by atoms with Gasteiger partial charge in [-0.05, 0) is 100 Å². The van der Waals surface area contributed by atoms with Crippen molar-refractivity contribution in [3.63, 3.8) is 0 Å². The number of rotatable bonds is 10. The molecule has 0 aromatic heterocycles. The summed E-state index contributed by atoms with van der Waals surface area (Å²) in [5, 5.41) is 11.2. The summed E-state index contributed by atoms with van der Waals surface area (Å²) in [7, 11) is 0. The van der Waals surface area contributed by atoms with Gasteiger partial charge in [0.2, 0.25) is 11.6 Å². The van der Waals surface area contributed by atoms with Crippen LogP contribution in [0, 0.1) is 0 Å². The Morgan fingerprint density at radius 2 is 0.609 bits per heavy atom. The maximum Gasteiger partial charge on any atom is 0.261 e. The van der Waals surface area contributed by atoms with Crippen LogP contribution in [0.25, 0.3) is 0 Å². The fraction of sp³-hybridized carbons (Fsp3) is 0.115. The number of carbonyl (C=O) groups excluding carboxylic acids is 6. The SMILES string of the molecule is CC1=C(C(=O)Nc2ccccc2)C(=O)[C@@](C)(C(=O)Nc2ccccc2)N1c1ccccc1.CC1=C(C(=O)Nc2ccccc2)C(=O)[C@@](C)(C(=O)Nc2ccccc2)N1c1ccccc1. The minimum atomic E-state index is -1.63. The summed E-state index contributed by atoms with van der Waals surface area (Å²) in [5.74, 6) is -3.23. The number of nitrogens with zero attached hydrogens (tertiary/aromatic N) is 2. The van der Waals surface area contributed by atoms with Crippen molar-refractivity contribution in [2.24, 2.45) is 0 Å². The van der Waals surface area contributed by atoms with Gasteiger partial charge in [0.05, 0.1) is 0 Å². The Balaban J connectivity index is 0.000000191. The second-order valence-corrected chi connectivity index (χ2v) is 15.3. The summed E-state index contributed by atoms with van der Waals surface area (Å²) in [6.45, 7) is 6.47. The van der Waals surface area contributed by atoms with Gasteiger partial charge in [0.15, 0.2) is 11.1 Å². The molecule has 0 fully saturated rings. The summed E-state index contributed by atoms with van der Waals surface area (Å²) in [4.78, 5) is 83.8. The third kappa shape index (κ3) is 8.57. The Morgan fingerprint density at radius 3 is 0.875 bits per heavy atom. The van der Waals surface area contributed by atoms with E-state index in [2.05, 4.69) is 21.3 Å². The molecule has 4 N–H and O–H groups in total. The predicted octanol–water partition coefficient (Wildman–Crippen LogP) is 8.77. The van der Waals surface area contributed by atoms with Gasteiger partial charge in [-0.15, -0.1) is 0 Å². The fourth-order valence-corrected chi connectivity index (χ4v) is 7.89. The van der Waals surface area contributed by atoms with Crippen molar-refractivity contribution in [2.75, 3.05) is 31.1 Å². The average molecular weight is 851 g/mol. The van der Waals surface area contributed by atoms with E-state index in [1.807, 2.05) is 84.9 Å². The number of anilines is 6. The Hall–Kier alpha value is -8.38. The molecule has 2 aliphatic heterocycles. The molecule has 0 saturated carbocycles. The summed E-state index contributed by atoms with van der Waals surface area (Å²) in [5.41, 5.74) is 1.05. The van der Waals surface area contributed by atoms with Gasteiger partial charge >= 0.3 is 0 Å². The van der Waals surface area contributed by atoms with Crippen LogP contribution in [0.1, 0.15) is 27.7 Å². The minimum absolute atomic E-state index is 0.0385. The molecule has 0 radical (unpaired) electrons.